The molecule has 194 valence electrons. The molecular formula is C29H42BN3O3. The summed E-state index contributed by atoms with van der Waals surface area (Å²) in [5, 5.41) is 5.56. The van der Waals surface area contributed by atoms with E-state index in [4.69, 9.17) is 20.8 Å². The Labute approximate surface area is 216 Å². The highest BCUT2D eigenvalue weighted by Crippen LogP contribution is 2.66. The van der Waals surface area contributed by atoms with E-state index in [1.54, 1.807) is 0 Å². The van der Waals surface area contributed by atoms with Crippen molar-refractivity contribution in [3.63, 3.8) is 0 Å². The maximum absolute atomic E-state index is 12.8. The van der Waals surface area contributed by atoms with Gasteiger partial charge < -0.3 is 26.1 Å². The van der Waals surface area contributed by atoms with Gasteiger partial charge in [-0.3, -0.25) is 4.79 Å². The molecule has 2 aromatic carbocycles. The van der Waals surface area contributed by atoms with Crippen LogP contribution in [0.5, 0.6) is 0 Å². The molecule has 36 heavy (non-hydrogen) atoms. The van der Waals surface area contributed by atoms with Crippen molar-refractivity contribution >= 4 is 23.8 Å². The second-order valence-electron chi connectivity index (χ2n) is 12.1. The largest absolute Gasteiger partial charge is 0.463 e. The molecule has 1 saturated heterocycles. The quantitative estimate of drug-likeness (QED) is 0.344. The van der Waals surface area contributed by atoms with Gasteiger partial charge in [0.15, 0.2) is 0 Å². The molecule has 6 nitrogen and oxygen atoms in total. The fourth-order valence-electron chi connectivity index (χ4n) is 7.04. The van der Waals surface area contributed by atoms with Crippen LogP contribution in [0.2, 0.25) is 5.82 Å². The Morgan fingerprint density at radius 1 is 1.14 bits per heavy atom. The van der Waals surface area contributed by atoms with Gasteiger partial charge in [0.05, 0.1) is 17.7 Å². The molecule has 1 unspecified atom stereocenters. The summed E-state index contributed by atoms with van der Waals surface area (Å²) in [6, 6.07) is 14.5. The first-order valence-electron chi connectivity index (χ1n) is 13.8. The predicted molar refractivity (Wildman–Crippen MR) is 145 cm³/mol. The third-order valence-corrected chi connectivity index (χ3v) is 9.51. The van der Waals surface area contributed by atoms with Crippen LogP contribution in [0.4, 0.5) is 0 Å². The van der Waals surface area contributed by atoms with Crippen molar-refractivity contribution in [2.24, 2.45) is 28.7 Å². The third kappa shape index (κ3) is 4.71. The molecular weight excluding hydrogens is 449 g/mol. The maximum atomic E-state index is 12.8. The number of fused-ring (bicyclic) bond motifs is 1. The van der Waals surface area contributed by atoms with Gasteiger partial charge in [-0.1, -0.05) is 62.7 Å². The van der Waals surface area contributed by atoms with Crippen molar-refractivity contribution < 1.29 is 14.1 Å². The Morgan fingerprint density at radius 2 is 1.92 bits per heavy atom. The van der Waals surface area contributed by atoms with E-state index < -0.39 is 6.04 Å². The van der Waals surface area contributed by atoms with Gasteiger partial charge in [0.2, 0.25) is 5.91 Å². The lowest BCUT2D eigenvalue weighted by Gasteiger charge is -2.64. The van der Waals surface area contributed by atoms with Crippen LogP contribution in [-0.4, -0.2) is 43.9 Å². The van der Waals surface area contributed by atoms with E-state index in [0.29, 0.717) is 36.8 Å². The summed E-state index contributed by atoms with van der Waals surface area (Å²) in [5.74, 6) is 1.09. The summed E-state index contributed by atoms with van der Waals surface area (Å²) in [6.45, 7) is 8.10. The number of benzene rings is 2. The normalized spacial score (nSPS) is 29.9. The van der Waals surface area contributed by atoms with Crippen LogP contribution in [0.15, 0.2) is 42.5 Å². The molecule has 2 bridgehead atoms. The highest BCUT2D eigenvalue weighted by Gasteiger charge is 2.68. The smallest absolute Gasteiger partial charge is 0.405 e. The number of hydrogen-bond acceptors (Lipinski definition) is 5. The van der Waals surface area contributed by atoms with Gasteiger partial charge in [0.1, 0.15) is 0 Å². The molecule has 0 aromatic heterocycles. The Balaban J connectivity index is 1.32. The fraction of sp³-hybridized carbons (Fsp3) is 0.621. The van der Waals surface area contributed by atoms with Crippen LogP contribution in [0.1, 0.15) is 58.4 Å². The molecule has 1 amide bonds. The third-order valence-electron chi connectivity index (χ3n) is 9.51. The van der Waals surface area contributed by atoms with E-state index in [0.717, 1.165) is 25.7 Å². The molecule has 1 aliphatic heterocycles. The molecule has 7 heteroatoms. The first-order chi connectivity index (χ1) is 17.2. The van der Waals surface area contributed by atoms with E-state index in [1.807, 2.05) is 0 Å². The second kappa shape index (κ2) is 10.1. The zero-order valence-electron chi connectivity index (χ0n) is 22.0. The summed E-state index contributed by atoms with van der Waals surface area (Å²) in [6.07, 6.45) is 5.54. The molecule has 0 spiro atoms. The van der Waals surface area contributed by atoms with Crippen LogP contribution < -0.4 is 16.8 Å². The van der Waals surface area contributed by atoms with Crippen molar-refractivity contribution in [1.82, 2.24) is 5.32 Å². The zero-order chi connectivity index (χ0) is 25.5. The molecule has 2 aromatic rings. The lowest BCUT2D eigenvalue weighted by molar-refractivity contribution is -0.199. The van der Waals surface area contributed by atoms with Crippen LogP contribution in [0.25, 0.3) is 10.8 Å². The first-order valence-corrected chi connectivity index (χ1v) is 13.8. The van der Waals surface area contributed by atoms with Gasteiger partial charge in [-0.15, -0.1) is 0 Å². The first kappa shape index (κ1) is 25.7. The minimum Gasteiger partial charge on any atom is -0.405 e. The lowest BCUT2D eigenvalue weighted by atomic mass is 9.43. The molecule has 3 saturated carbocycles. The number of hydrogen-bond donors (Lipinski definition) is 3. The minimum absolute atomic E-state index is 0.00547. The van der Waals surface area contributed by atoms with Crippen molar-refractivity contribution in [1.29, 1.82) is 0 Å². The molecule has 0 radical (unpaired) electrons. The fourth-order valence-corrected chi connectivity index (χ4v) is 7.04. The molecule has 6 rings (SSSR count). The molecule has 5 N–H and O–H groups in total. The van der Waals surface area contributed by atoms with Gasteiger partial charge in [0, 0.05) is 12.4 Å². The number of unbranched alkanes of at least 4 members (excludes halogenated alkanes) is 1. The van der Waals surface area contributed by atoms with Crippen LogP contribution in [-0.2, 0) is 20.5 Å². The molecule has 4 fully saturated rings. The lowest BCUT2D eigenvalue weighted by Crippen LogP contribution is -2.65. The second-order valence-corrected chi connectivity index (χ2v) is 12.1. The standard InChI is InChI=1S/C29H42BN3O3/c1-28(2)22-16-25(28)29(3)26(17-22)35-30(36-29)23(18-33-27(34)24(32)10-6-7-13-31)15-19-11-12-20-8-4-5-9-21(20)14-19/h4-5,8-9,11-12,14,22-26H,6-7,10,13,15-18,31-32H2,1-3H3,(H,33,34)/t22-,23?,24+,25-,26+,29-/m1/s1. The number of amides is 1. The Hall–Kier alpha value is -1.93. The number of nitrogens with one attached hydrogen (secondary N) is 1. The van der Waals surface area contributed by atoms with Gasteiger partial charge >= 0.3 is 7.12 Å². The monoisotopic (exact) mass is 491 g/mol. The van der Waals surface area contributed by atoms with Crippen molar-refractivity contribution in [3.8, 4) is 0 Å². The van der Waals surface area contributed by atoms with Crippen LogP contribution in [0.3, 0.4) is 0 Å². The van der Waals surface area contributed by atoms with Gasteiger partial charge in [0.25, 0.3) is 0 Å². The minimum atomic E-state index is -0.517. The molecule has 6 atom stereocenters. The number of carbonyl (C=O) groups excluding carboxylic acids is 1. The van der Waals surface area contributed by atoms with Crippen molar-refractivity contribution in [2.45, 2.75) is 82.9 Å². The topological polar surface area (TPSA) is 99.6 Å². The maximum Gasteiger partial charge on any atom is 0.463 e. The van der Waals surface area contributed by atoms with Gasteiger partial charge in [-0.2, -0.15) is 0 Å². The number of rotatable bonds is 10. The van der Waals surface area contributed by atoms with E-state index in [1.165, 1.54) is 22.8 Å². The summed E-state index contributed by atoms with van der Waals surface area (Å²) in [4.78, 5) is 12.8. The Kier molecular flexibility index (Phi) is 7.21. The van der Waals surface area contributed by atoms with E-state index in [-0.39, 0.29) is 30.5 Å². The highest BCUT2D eigenvalue weighted by atomic mass is 16.7. The van der Waals surface area contributed by atoms with Crippen LogP contribution >= 0.6 is 0 Å². The Bertz CT molecular complexity index is 1090. The zero-order valence-corrected chi connectivity index (χ0v) is 22.0. The number of carbonyl (C=O) groups is 1. The number of nitrogens with two attached hydrogens (primary N) is 2. The summed E-state index contributed by atoms with van der Waals surface area (Å²) >= 11 is 0. The average Bonchev–Trinajstić information content (AvgIpc) is 3.23. The predicted octanol–water partition coefficient (Wildman–Crippen LogP) is 4.05. The van der Waals surface area contributed by atoms with Crippen LogP contribution in [0, 0.1) is 17.3 Å². The van der Waals surface area contributed by atoms with E-state index in [2.05, 4.69) is 68.6 Å². The summed E-state index contributed by atoms with van der Waals surface area (Å²) < 4.78 is 13.5. The van der Waals surface area contributed by atoms with Crippen molar-refractivity contribution in [3.05, 3.63) is 48.0 Å². The van der Waals surface area contributed by atoms with Gasteiger partial charge in [-0.05, 0) is 79.2 Å². The van der Waals surface area contributed by atoms with Crippen molar-refractivity contribution in [2.75, 3.05) is 13.1 Å². The SMILES string of the molecule is CC1(C)[C@H]2C[C@@H]3OB(C(CNC(=O)[C@@H](N)CCCCN)Cc4ccc5ccccc5c4)O[C@]3(C)[C@@H]1C2. The average molecular weight is 491 g/mol. The van der Waals surface area contributed by atoms with E-state index in [9.17, 15) is 4.79 Å². The molecule has 1 heterocycles. The molecule has 3 aliphatic carbocycles. The Morgan fingerprint density at radius 3 is 2.67 bits per heavy atom. The van der Waals surface area contributed by atoms with Gasteiger partial charge in [-0.25, -0.2) is 0 Å². The van der Waals surface area contributed by atoms with E-state index >= 15 is 0 Å². The molecule has 4 aliphatic rings. The highest BCUT2D eigenvalue weighted by molar-refractivity contribution is 6.47. The summed E-state index contributed by atoms with van der Waals surface area (Å²) in [5.41, 5.74) is 13.0. The summed E-state index contributed by atoms with van der Waals surface area (Å²) in [7, 11) is -0.351.